The van der Waals surface area contributed by atoms with Crippen molar-refractivity contribution in [1.82, 2.24) is 5.06 Å². The molecule has 0 bridgehead atoms. The smallest absolute Gasteiger partial charge is 0.191 e. The summed E-state index contributed by atoms with van der Waals surface area (Å²) >= 11 is 0. The Kier molecular flexibility index (Phi) is 5.41. The quantitative estimate of drug-likeness (QED) is 0.795. The van der Waals surface area contributed by atoms with Crippen molar-refractivity contribution in [2.75, 3.05) is 6.61 Å². The van der Waals surface area contributed by atoms with Crippen molar-refractivity contribution in [2.24, 2.45) is 16.3 Å². The number of benzene rings is 1. The van der Waals surface area contributed by atoms with Crippen LogP contribution in [0.1, 0.15) is 60.1 Å². The summed E-state index contributed by atoms with van der Waals surface area (Å²) in [6.45, 7) is 15.2. The van der Waals surface area contributed by atoms with Crippen molar-refractivity contribution in [2.45, 2.75) is 66.1 Å². The van der Waals surface area contributed by atoms with Gasteiger partial charge in [0.25, 0.3) is 0 Å². The van der Waals surface area contributed by atoms with Crippen LogP contribution in [-0.4, -0.2) is 34.4 Å². The Labute approximate surface area is 146 Å². The van der Waals surface area contributed by atoms with Crippen molar-refractivity contribution in [1.29, 1.82) is 0 Å². The van der Waals surface area contributed by atoms with E-state index in [1.807, 2.05) is 39.0 Å². The molecule has 1 aromatic rings. The summed E-state index contributed by atoms with van der Waals surface area (Å²) in [6, 6.07) is 10.0. The van der Waals surface area contributed by atoms with E-state index < -0.39 is 11.0 Å². The molecule has 0 amide bonds. The van der Waals surface area contributed by atoms with Crippen LogP contribution >= 0.6 is 0 Å². The van der Waals surface area contributed by atoms with Crippen molar-refractivity contribution in [3.8, 4) is 0 Å². The average molecular weight is 332 g/mol. The maximum absolute atomic E-state index is 11.0. The second-order valence-electron chi connectivity index (χ2n) is 8.61. The van der Waals surface area contributed by atoms with Crippen LogP contribution in [0.3, 0.4) is 0 Å². The predicted octanol–water partition coefficient (Wildman–Crippen LogP) is 4.70. The molecule has 1 aliphatic heterocycles. The third-order valence-corrected chi connectivity index (χ3v) is 4.73. The molecule has 1 heterocycles. The van der Waals surface area contributed by atoms with E-state index in [2.05, 4.69) is 39.8 Å². The molecule has 0 spiro atoms. The van der Waals surface area contributed by atoms with Gasteiger partial charge in [0.2, 0.25) is 0 Å². The first-order valence-corrected chi connectivity index (χ1v) is 8.79. The number of hydrogen-bond donors (Lipinski definition) is 1. The van der Waals surface area contributed by atoms with E-state index in [4.69, 9.17) is 9.73 Å². The maximum atomic E-state index is 11.0. The first kappa shape index (κ1) is 18.9. The van der Waals surface area contributed by atoms with Gasteiger partial charge >= 0.3 is 0 Å². The number of hydroxylamine groups is 2. The minimum Gasteiger partial charge on any atom is -0.478 e. The van der Waals surface area contributed by atoms with Crippen molar-refractivity contribution in [3.05, 3.63) is 35.9 Å². The normalized spacial score (nSPS) is 20.2. The molecule has 4 heteroatoms. The molecule has 0 unspecified atom stereocenters. The van der Waals surface area contributed by atoms with Crippen molar-refractivity contribution >= 4 is 5.90 Å². The topological polar surface area (TPSA) is 45.1 Å². The minimum absolute atomic E-state index is 0.192. The van der Waals surface area contributed by atoms with Crippen LogP contribution in [-0.2, 0) is 4.74 Å². The zero-order chi connectivity index (χ0) is 18.1. The minimum atomic E-state index is -0.451. The highest BCUT2D eigenvalue weighted by Crippen LogP contribution is 2.43. The number of aliphatic imine (C=N–C) groups is 1. The molecule has 4 nitrogen and oxygen atoms in total. The molecule has 0 aromatic heterocycles. The molecule has 0 fully saturated rings. The van der Waals surface area contributed by atoms with Crippen LogP contribution in [0.2, 0.25) is 0 Å². The number of ether oxygens (including phenoxy) is 1. The lowest BCUT2D eigenvalue weighted by Gasteiger charge is -2.44. The standard InChI is InChI=1S/C20H32N2O2/c1-14(2)16-13-24-18(21-16)20(6,7)17(22(23)19(3,4)5)15-11-9-8-10-12-15/h8-12,14,16-17,23H,13H2,1-7H3/t16-,17+/m1/s1. The van der Waals surface area contributed by atoms with Crippen LogP contribution in [0.4, 0.5) is 0 Å². The molecule has 134 valence electrons. The highest BCUT2D eigenvalue weighted by molar-refractivity contribution is 5.84. The molecule has 0 saturated carbocycles. The van der Waals surface area contributed by atoms with Gasteiger partial charge in [0.05, 0.1) is 17.5 Å². The fraction of sp³-hybridized carbons (Fsp3) is 0.650. The van der Waals surface area contributed by atoms with E-state index in [0.29, 0.717) is 12.5 Å². The predicted molar refractivity (Wildman–Crippen MR) is 98.4 cm³/mol. The lowest BCUT2D eigenvalue weighted by atomic mass is 9.78. The van der Waals surface area contributed by atoms with Gasteiger partial charge in [0, 0.05) is 5.54 Å². The number of hydrogen-bond acceptors (Lipinski definition) is 4. The van der Waals surface area contributed by atoms with Gasteiger partial charge in [0.1, 0.15) is 6.61 Å². The molecule has 1 aliphatic rings. The molecular weight excluding hydrogens is 300 g/mol. The van der Waals surface area contributed by atoms with Crippen LogP contribution in [0.25, 0.3) is 0 Å². The average Bonchev–Trinajstić information content (AvgIpc) is 2.98. The van der Waals surface area contributed by atoms with E-state index in [-0.39, 0.29) is 12.1 Å². The summed E-state index contributed by atoms with van der Waals surface area (Å²) in [5.74, 6) is 1.18. The molecule has 0 saturated heterocycles. The van der Waals surface area contributed by atoms with Gasteiger partial charge < -0.3 is 9.94 Å². The zero-order valence-electron chi connectivity index (χ0n) is 16.1. The summed E-state index contributed by atoms with van der Waals surface area (Å²) in [6.07, 6.45) is 0. The Hall–Kier alpha value is -1.39. The third-order valence-electron chi connectivity index (χ3n) is 4.73. The molecule has 0 radical (unpaired) electrons. The lowest BCUT2D eigenvalue weighted by molar-refractivity contribution is -0.207. The van der Waals surface area contributed by atoms with Gasteiger partial charge in [-0.1, -0.05) is 44.2 Å². The second kappa shape index (κ2) is 6.85. The summed E-state index contributed by atoms with van der Waals surface area (Å²) in [5, 5.41) is 12.4. The summed E-state index contributed by atoms with van der Waals surface area (Å²) in [7, 11) is 0. The Morgan fingerprint density at radius 2 is 1.71 bits per heavy atom. The first-order valence-electron chi connectivity index (χ1n) is 8.79. The Morgan fingerprint density at radius 1 is 1.12 bits per heavy atom. The molecule has 24 heavy (non-hydrogen) atoms. The van der Waals surface area contributed by atoms with Gasteiger partial charge in [0.15, 0.2) is 5.90 Å². The zero-order valence-corrected chi connectivity index (χ0v) is 16.1. The molecule has 0 aliphatic carbocycles. The molecule has 1 aromatic carbocycles. The number of rotatable bonds is 5. The summed E-state index contributed by atoms with van der Waals surface area (Å²) in [4.78, 5) is 4.83. The Balaban J connectivity index is 2.45. The third kappa shape index (κ3) is 3.81. The van der Waals surface area contributed by atoms with Crippen LogP contribution in [0.5, 0.6) is 0 Å². The SMILES string of the molecule is CC(C)[C@H]1COC(C(C)(C)[C@H](c2ccccc2)N(O)C(C)(C)C)=N1. The molecule has 1 N–H and O–H groups in total. The van der Waals surface area contributed by atoms with Crippen LogP contribution in [0.15, 0.2) is 35.3 Å². The van der Waals surface area contributed by atoms with Crippen molar-refractivity contribution < 1.29 is 9.94 Å². The van der Waals surface area contributed by atoms with E-state index in [0.717, 1.165) is 11.5 Å². The second-order valence-corrected chi connectivity index (χ2v) is 8.61. The summed E-state index contributed by atoms with van der Waals surface area (Å²) in [5.41, 5.74) is 0.209. The Morgan fingerprint density at radius 3 is 2.17 bits per heavy atom. The van der Waals surface area contributed by atoms with E-state index in [1.165, 1.54) is 5.06 Å². The van der Waals surface area contributed by atoms with E-state index in [1.54, 1.807) is 0 Å². The van der Waals surface area contributed by atoms with Gasteiger partial charge in [-0.25, -0.2) is 4.99 Å². The molecule has 2 rings (SSSR count). The monoisotopic (exact) mass is 332 g/mol. The van der Waals surface area contributed by atoms with Gasteiger partial charge in [-0.15, -0.1) is 0 Å². The highest BCUT2D eigenvalue weighted by Gasteiger charge is 2.45. The van der Waals surface area contributed by atoms with E-state index >= 15 is 0 Å². The molecular formula is C20H32N2O2. The first-order chi connectivity index (χ1) is 11.0. The van der Waals surface area contributed by atoms with Gasteiger partial charge in [-0.2, -0.15) is 5.06 Å². The summed E-state index contributed by atoms with van der Waals surface area (Å²) < 4.78 is 5.97. The lowest BCUT2D eigenvalue weighted by Crippen LogP contribution is -2.49. The number of nitrogens with zero attached hydrogens (tertiary/aromatic N) is 2. The van der Waals surface area contributed by atoms with E-state index in [9.17, 15) is 5.21 Å². The molecule has 2 atom stereocenters. The van der Waals surface area contributed by atoms with Gasteiger partial charge in [-0.05, 0) is 46.1 Å². The van der Waals surface area contributed by atoms with Crippen molar-refractivity contribution in [3.63, 3.8) is 0 Å². The largest absolute Gasteiger partial charge is 0.478 e. The fourth-order valence-corrected chi connectivity index (χ4v) is 3.09. The van der Waals surface area contributed by atoms with Crippen LogP contribution < -0.4 is 0 Å². The highest BCUT2D eigenvalue weighted by atomic mass is 16.5. The van der Waals surface area contributed by atoms with Crippen LogP contribution in [0, 0.1) is 11.3 Å². The fourth-order valence-electron chi connectivity index (χ4n) is 3.09. The Bertz CT molecular complexity index is 573. The maximum Gasteiger partial charge on any atom is 0.191 e. The van der Waals surface area contributed by atoms with Gasteiger partial charge in [-0.3, -0.25) is 0 Å².